The SMILES string of the molecule is C#CCN[C@@H](C)c1cccc(Br)c1.Cl. The zero-order valence-corrected chi connectivity index (χ0v) is 10.4. The first kappa shape index (κ1) is 13.5. The lowest BCUT2D eigenvalue weighted by atomic mass is 10.1. The first-order chi connectivity index (χ1) is 6.24. The van der Waals surface area contributed by atoms with E-state index in [4.69, 9.17) is 6.42 Å². The molecule has 0 fully saturated rings. The number of rotatable bonds is 3. The van der Waals surface area contributed by atoms with Crippen LogP contribution in [0.15, 0.2) is 28.7 Å². The maximum absolute atomic E-state index is 5.16. The number of benzene rings is 1. The summed E-state index contributed by atoms with van der Waals surface area (Å²) >= 11 is 3.43. The van der Waals surface area contributed by atoms with Crippen LogP contribution in [0.4, 0.5) is 0 Å². The second kappa shape index (κ2) is 6.89. The van der Waals surface area contributed by atoms with Crippen LogP contribution < -0.4 is 5.32 Å². The Morgan fingerprint density at radius 3 is 2.86 bits per heavy atom. The Hall–Kier alpha value is -0.490. The van der Waals surface area contributed by atoms with Crippen LogP contribution >= 0.6 is 28.3 Å². The van der Waals surface area contributed by atoms with E-state index in [2.05, 4.69) is 46.2 Å². The maximum atomic E-state index is 5.16. The Morgan fingerprint density at radius 1 is 1.57 bits per heavy atom. The lowest BCUT2D eigenvalue weighted by Gasteiger charge is -2.12. The molecule has 0 aromatic heterocycles. The first-order valence-electron chi connectivity index (χ1n) is 4.16. The minimum atomic E-state index is 0. The van der Waals surface area contributed by atoms with Gasteiger partial charge in [0.2, 0.25) is 0 Å². The fraction of sp³-hybridized carbons (Fsp3) is 0.273. The van der Waals surface area contributed by atoms with Crippen molar-refractivity contribution >= 4 is 28.3 Å². The third kappa shape index (κ3) is 4.15. The second-order valence-corrected chi connectivity index (χ2v) is 3.78. The van der Waals surface area contributed by atoms with E-state index in [-0.39, 0.29) is 12.4 Å². The monoisotopic (exact) mass is 273 g/mol. The highest BCUT2D eigenvalue weighted by atomic mass is 79.9. The van der Waals surface area contributed by atoms with Crippen LogP contribution in [-0.2, 0) is 0 Å². The molecule has 0 radical (unpaired) electrons. The predicted molar refractivity (Wildman–Crippen MR) is 66.6 cm³/mol. The number of hydrogen-bond donors (Lipinski definition) is 1. The van der Waals surface area contributed by atoms with E-state index in [1.807, 2.05) is 12.1 Å². The van der Waals surface area contributed by atoms with Crippen LogP contribution in [0.2, 0.25) is 0 Å². The molecule has 3 heteroatoms. The van der Waals surface area contributed by atoms with Gasteiger partial charge in [-0.25, -0.2) is 0 Å². The molecule has 0 aliphatic carbocycles. The molecular weight excluding hydrogens is 261 g/mol. The van der Waals surface area contributed by atoms with Gasteiger partial charge in [-0.2, -0.15) is 0 Å². The number of nitrogens with one attached hydrogen (secondary N) is 1. The van der Waals surface area contributed by atoms with Gasteiger partial charge in [-0.3, -0.25) is 5.32 Å². The summed E-state index contributed by atoms with van der Waals surface area (Å²) in [5, 5.41) is 3.22. The molecule has 0 unspecified atom stereocenters. The fourth-order valence-corrected chi connectivity index (χ4v) is 1.52. The summed E-state index contributed by atoms with van der Waals surface area (Å²) in [5.74, 6) is 2.56. The Kier molecular flexibility index (Phi) is 6.65. The Balaban J connectivity index is 0.00000169. The van der Waals surface area contributed by atoms with Crippen molar-refractivity contribution in [3.05, 3.63) is 34.3 Å². The highest BCUT2D eigenvalue weighted by Crippen LogP contribution is 2.17. The van der Waals surface area contributed by atoms with Crippen molar-refractivity contribution in [2.45, 2.75) is 13.0 Å². The minimum Gasteiger partial charge on any atom is -0.300 e. The first-order valence-corrected chi connectivity index (χ1v) is 4.95. The summed E-state index contributed by atoms with van der Waals surface area (Å²) in [6, 6.07) is 8.51. The average Bonchev–Trinajstić information content (AvgIpc) is 2.14. The van der Waals surface area contributed by atoms with Gasteiger partial charge in [0.1, 0.15) is 0 Å². The molecule has 14 heavy (non-hydrogen) atoms. The third-order valence-electron chi connectivity index (χ3n) is 1.86. The van der Waals surface area contributed by atoms with Crippen LogP contribution in [0.1, 0.15) is 18.5 Å². The molecule has 0 saturated heterocycles. The van der Waals surface area contributed by atoms with Crippen LogP contribution in [0.5, 0.6) is 0 Å². The summed E-state index contributed by atoms with van der Waals surface area (Å²) in [4.78, 5) is 0. The van der Waals surface area contributed by atoms with Crippen molar-refractivity contribution in [2.75, 3.05) is 6.54 Å². The van der Waals surface area contributed by atoms with E-state index >= 15 is 0 Å². The lowest BCUT2D eigenvalue weighted by Crippen LogP contribution is -2.18. The van der Waals surface area contributed by atoms with E-state index in [9.17, 15) is 0 Å². The van der Waals surface area contributed by atoms with Gasteiger partial charge in [0.25, 0.3) is 0 Å². The molecular formula is C11H13BrClN. The van der Waals surface area contributed by atoms with Crippen molar-refractivity contribution < 1.29 is 0 Å². The summed E-state index contributed by atoms with van der Waals surface area (Å²) in [7, 11) is 0. The second-order valence-electron chi connectivity index (χ2n) is 2.86. The van der Waals surface area contributed by atoms with Crippen LogP contribution in [0.25, 0.3) is 0 Å². The van der Waals surface area contributed by atoms with Crippen molar-refractivity contribution in [3.8, 4) is 12.3 Å². The molecule has 0 spiro atoms. The summed E-state index contributed by atoms with van der Waals surface area (Å²) < 4.78 is 1.10. The molecule has 0 aliphatic rings. The van der Waals surface area contributed by atoms with Gasteiger partial charge in [0.05, 0.1) is 6.54 Å². The molecule has 0 amide bonds. The van der Waals surface area contributed by atoms with Gasteiger partial charge in [0.15, 0.2) is 0 Å². The molecule has 0 saturated carbocycles. The van der Waals surface area contributed by atoms with Gasteiger partial charge < -0.3 is 0 Å². The van der Waals surface area contributed by atoms with Crippen molar-refractivity contribution in [2.24, 2.45) is 0 Å². The highest BCUT2D eigenvalue weighted by molar-refractivity contribution is 9.10. The van der Waals surface area contributed by atoms with Gasteiger partial charge >= 0.3 is 0 Å². The summed E-state index contributed by atoms with van der Waals surface area (Å²) in [6.45, 7) is 2.70. The van der Waals surface area contributed by atoms with Crippen molar-refractivity contribution in [1.29, 1.82) is 0 Å². The Labute approximate surface area is 99.8 Å². The number of halogens is 2. The molecule has 1 nitrogen and oxygen atoms in total. The Bertz CT molecular complexity index is 319. The minimum absolute atomic E-state index is 0. The van der Waals surface area contributed by atoms with E-state index in [1.54, 1.807) is 0 Å². The summed E-state index contributed by atoms with van der Waals surface area (Å²) in [5.41, 5.74) is 1.24. The molecule has 1 aromatic carbocycles. The molecule has 0 bridgehead atoms. The van der Waals surface area contributed by atoms with Crippen molar-refractivity contribution in [1.82, 2.24) is 5.32 Å². The smallest absolute Gasteiger partial charge is 0.0578 e. The van der Waals surface area contributed by atoms with E-state index in [0.29, 0.717) is 12.6 Å². The van der Waals surface area contributed by atoms with Gasteiger partial charge in [-0.05, 0) is 24.6 Å². The molecule has 1 rings (SSSR count). The van der Waals surface area contributed by atoms with Crippen LogP contribution in [-0.4, -0.2) is 6.54 Å². The van der Waals surface area contributed by atoms with Crippen LogP contribution in [0, 0.1) is 12.3 Å². The fourth-order valence-electron chi connectivity index (χ4n) is 1.11. The van der Waals surface area contributed by atoms with E-state index in [0.717, 1.165) is 4.47 Å². The molecule has 0 heterocycles. The van der Waals surface area contributed by atoms with Gasteiger partial charge in [0, 0.05) is 10.5 Å². The quantitative estimate of drug-likeness (QED) is 0.835. The predicted octanol–water partition coefficient (Wildman–Crippen LogP) is 3.15. The standard InChI is InChI=1S/C11H12BrN.ClH/c1-3-7-13-9(2)10-5-4-6-11(12)8-10;/h1,4-6,8-9,13H,7H2,2H3;1H/t9-;/m0./s1. The largest absolute Gasteiger partial charge is 0.300 e. The molecule has 0 aliphatic heterocycles. The Morgan fingerprint density at radius 2 is 2.29 bits per heavy atom. The zero-order valence-electron chi connectivity index (χ0n) is 7.96. The number of terminal acetylenes is 1. The van der Waals surface area contributed by atoms with Gasteiger partial charge in [-0.15, -0.1) is 18.8 Å². The van der Waals surface area contributed by atoms with E-state index < -0.39 is 0 Å². The lowest BCUT2D eigenvalue weighted by molar-refractivity contribution is 0.623. The highest BCUT2D eigenvalue weighted by Gasteiger charge is 2.02. The van der Waals surface area contributed by atoms with Crippen LogP contribution in [0.3, 0.4) is 0 Å². The summed E-state index contributed by atoms with van der Waals surface area (Å²) in [6.07, 6.45) is 5.16. The topological polar surface area (TPSA) is 12.0 Å². The van der Waals surface area contributed by atoms with Crippen molar-refractivity contribution in [3.63, 3.8) is 0 Å². The normalized spacial score (nSPS) is 11.2. The van der Waals surface area contributed by atoms with Gasteiger partial charge in [-0.1, -0.05) is 34.0 Å². The molecule has 1 aromatic rings. The maximum Gasteiger partial charge on any atom is 0.0578 e. The molecule has 1 N–H and O–H groups in total. The average molecular weight is 275 g/mol. The third-order valence-corrected chi connectivity index (χ3v) is 2.35. The number of hydrogen-bond acceptors (Lipinski definition) is 1. The molecule has 76 valence electrons. The van der Waals surface area contributed by atoms with E-state index in [1.165, 1.54) is 5.56 Å². The zero-order chi connectivity index (χ0) is 9.68. The molecule has 1 atom stereocenters.